The van der Waals surface area contributed by atoms with Gasteiger partial charge in [0, 0.05) is 29.4 Å². The number of halogens is 3. The van der Waals surface area contributed by atoms with Gasteiger partial charge in [-0.05, 0) is 50.8 Å². The van der Waals surface area contributed by atoms with Crippen molar-refractivity contribution in [2.45, 2.75) is 52.8 Å². The van der Waals surface area contributed by atoms with Crippen LogP contribution < -0.4 is 4.74 Å². The second-order valence-corrected chi connectivity index (χ2v) is 8.60. The van der Waals surface area contributed by atoms with Crippen molar-refractivity contribution in [3.63, 3.8) is 0 Å². The number of esters is 1. The summed E-state index contributed by atoms with van der Waals surface area (Å²) in [6, 6.07) is 12.7. The summed E-state index contributed by atoms with van der Waals surface area (Å²) >= 11 is 0. The van der Waals surface area contributed by atoms with Gasteiger partial charge in [-0.2, -0.15) is 13.2 Å². The van der Waals surface area contributed by atoms with E-state index < -0.39 is 11.7 Å². The fourth-order valence-corrected chi connectivity index (χ4v) is 3.87. The van der Waals surface area contributed by atoms with E-state index in [2.05, 4.69) is 4.98 Å². The number of aromatic nitrogens is 2. The van der Waals surface area contributed by atoms with E-state index in [1.807, 2.05) is 42.7 Å². The smallest absolute Gasteiger partial charge is 0.416 e. The molecular weight excluding hydrogens is 457 g/mol. The second kappa shape index (κ2) is 11.9. The Kier molecular flexibility index (Phi) is 8.95. The Bertz CT molecular complexity index is 1110. The lowest BCUT2D eigenvalue weighted by Crippen LogP contribution is -2.11. The lowest BCUT2D eigenvalue weighted by Gasteiger charge is -2.16. The van der Waals surface area contributed by atoms with E-state index in [-0.39, 0.29) is 11.9 Å². The van der Waals surface area contributed by atoms with Crippen molar-refractivity contribution < 1.29 is 27.4 Å². The Balaban J connectivity index is 1.66. The summed E-state index contributed by atoms with van der Waals surface area (Å²) in [5, 5.41) is 0. The molecule has 2 aromatic carbocycles. The molecule has 0 spiro atoms. The Morgan fingerprint density at radius 3 is 2.51 bits per heavy atom. The van der Waals surface area contributed by atoms with Gasteiger partial charge < -0.3 is 14.0 Å². The largest absolute Gasteiger partial charge is 0.493 e. The highest BCUT2D eigenvalue weighted by molar-refractivity contribution is 5.69. The lowest BCUT2D eigenvalue weighted by molar-refractivity contribution is -0.144. The van der Waals surface area contributed by atoms with Gasteiger partial charge in [-0.3, -0.25) is 4.79 Å². The summed E-state index contributed by atoms with van der Waals surface area (Å²) in [6.07, 6.45) is -0.620. The molecule has 0 saturated carbocycles. The van der Waals surface area contributed by atoms with E-state index in [4.69, 9.17) is 9.47 Å². The van der Waals surface area contributed by atoms with E-state index >= 15 is 0 Å². The zero-order chi connectivity index (χ0) is 25.4. The van der Waals surface area contributed by atoms with Crippen LogP contribution >= 0.6 is 0 Å². The Labute approximate surface area is 203 Å². The number of carbonyl (C=O) groups is 1. The second-order valence-electron chi connectivity index (χ2n) is 8.60. The van der Waals surface area contributed by atoms with Crippen molar-refractivity contribution in [2.24, 2.45) is 5.92 Å². The number of aryl methyl sites for hydroxylation is 1. The summed E-state index contributed by atoms with van der Waals surface area (Å²) in [5.74, 6) is 1.38. The van der Waals surface area contributed by atoms with Crippen LogP contribution in [-0.2, 0) is 22.3 Å². The molecule has 0 fully saturated rings. The first-order valence-electron chi connectivity index (χ1n) is 11.7. The van der Waals surface area contributed by atoms with Crippen LogP contribution in [0.1, 0.15) is 49.9 Å². The fraction of sp³-hybridized carbons (Fsp3) is 0.407. The highest BCUT2D eigenvalue weighted by atomic mass is 19.4. The van der Waals surface area contributed by atoms with E-state index in [1.165, 1.54) is 12.1 Å². The van der Waals surface area contributed by atoms with Gasteiger partial charge in [-0.15, -0.1) is 0 Å². The number of imidazole rings is 1. The molecule has 188 valence electrons. The van der Waals surface area contributed by atoms with Gasteiger partial charge in [-0.25, -0.2) is 4.98 Å². The molecule has 3 aromatic rings. The predicted octanol–water partition coefficient (Wildman–Crippen LogP) is 6.67. The average Bonchev–Trinajstić information content (AvgIpc) is 3.17. The van der Waals surface area contributed by atoms with Crippen molar-refractivity contribution in [1.82, 2.24) is 9.55 Å². The number of alkyl halides is 3. The van der Waals surface area contributed by atoms with E-state index in [1.54, 1.807) is 13.1 Å². The molecule has 5 nitrogen and oxygen atoms in total. The maximum atomic E-state index is 12.9. The van der Waals surface area contributed by atoms with Gasteiger partial charge in [0.05, 0.1) is 25.3 Å². The zero-order valence-corrected chi connectivity index (χ0v) is 20.3. The molecule has 0 aliphatic rings. The van der Waals surface area contributed by atoms with Crippen LogP contribution in [0, 0.1) is 12.8 Å². The van der Waals surface area contributed by atoms with Crippen molar-refractivity contribution in [3.8, 4) is 17.1 Å². The standard InChI is InChI=1S/C27H31F3N2O3/c1-4-34-25(33)16-19(2)8-7-15-35-24-10-6-5-9-22(24)18-32-20(3)17-31-26(32)21-11-13-23(14-12-21)27(28,29)30/h5-6,9-14,17,19H,4,7-8,15-16,18H2,1-3H3. The fourth-order valence-electron chi connectivity index (χ4n) is 3.87. The van der Waals surface area contributed by atoms with Crippen LogP contribution in [0.25, 0.3) is 11.4 Å². The minimum Gasteiger partial charge on any atom is -0.493 e. The normalized spacial score (nSPS) is 12.4. The summed E-state index contributed by atoms with van der Waals surface area (Å²) in [7, 11) is 0. The molecule has 1 aromatic heterocycles. The van der Waals surface area contributed by atoms with Crippen LogP contribution in [0.15, 0.2) is 54.7 Å². The molecule has 8 heteroatoms. The predicted molar refractivity (Wildman–Crippen MR) is 128 cm³/mol. The zero-order valence-electron chi connectivity index (χ0n) is 20.3. The molecule has 35 heavy (non-hydrogen) atoms. The van der Waals surface area contributed by atoms with Crippen molar-refractivity contribution in [2.75, 3.05) is 13.2 Å². The molecule has 0 saturated heterocycles. The first-order chi connectivity index (χ1) is 16.7. The highest BCUT2D eigenvalue weighted by Gasteiger charge is 2.30. The number of ether oxygens (including phenoxy) is 2. The molecule has 0 aliphatic carbocycles. The first-order valence-corrected chi connectivity index (χ1v) is 11.7. The Morgan fingerprint density at radius 2 is 1.83 bits per heavy atom. The van der Waals surface area contributed by atoms with E-state index in [0.29, 0.717) is 37.6 Å². The quantitative estimate of drug-likeness (QED) is 0.223. The Morgan fingerprint density at radius 1 is 1.11 bits per heavy atom. The van der Waals surface area contributed by atoms with Gasteiger partial charge in [0.25, 0.3) is 0 Å². The summed E-state index contributed by atoms with van der Waals surface area (Å²) < 4.78 is 51.8. The third-order valence-corrected chi connectivity index (χ3v) is 5.75. The van der Waals surface area contributed by atoms with Gasteiger partial charge >= 0.3 is 12.1 Å². The minimum absolute atomic E-state index is 0.175. The molecule has 0 radical (unpaired) electrons. The molecule has 3 rings (SSSR count). The van der Waals surface area contributed by atoms with Crippen LogP contribution in [0.2, 0.25) is 0 Å². The number of nitrogens with zero attached hydrogens (tertiary/aromatic N) is 2. The summed E-state index contributed by atoms with van der Waals surface area (Å²) in [4.78, 5) is 16.0. The monoisotopic (exact) mass is 488 g/mol. The molecule has 1 atom stereocenters. The van der Waals surface area contributed by atoms with Crippen LogP contribution in [0.5, 0.6) is 5.75 Å². The number of benzene rings is 2. The van der Waals surface area contributed by atoms with E-state index in [0.717, 1.165) is 42.0 Å². The van der Waals surface area contributed by atoms with Crippen LogP contribution in [0.3, 0.4) is 0 Å². The van der Waals surface area contributed by atoms with Gasteiger partial charge in [0.2, 0.25) is 0 Å². The molecule has 1 heterocycles. The SMILES string of the molecule is CCOC(=O)CC(C)CCCOc1ccccc1Cn1c(C)cnc1-c1ccc(C(F)(F)F)cc1. The maximum absolute atomic E-state index is 12.9. The number of para-hydroxylation sites is 1. The molecule has 1 unspecified atom stereocenters. The third kappa shape index (κ3) is 7.34. The van der Waals surface area contributed by atoms with Crippen molar-refractivity contribution in [1.29, 1.82) is 0 Å². The van der Waals surface area contributed by atoms with Gasteiger partial charge in [0.1, 0.15) is 11.6 Å². The summed E-state index contributed by atoms with van der Waals surface area (Å²) in [5.41, 5.74) is 1.76. The molecule has 0 N–H and O–H groups in total. The third-order valence-electron chi connectivity index (χ3n) is 5.75. The molecule has 0 aliphatic heterocycles. The van der Waals surface area contributed by atoms with Crippen molar-refractivity contribution in [3.05, 3.63) is 71.5 Å². The topological polar surface area (TPSA) is 53.4 Å². The van der Waals surface area contributed by atoms with Crippen LogP contribution in [-0.4, -0.2) is 28.7 Å². The van der Waals surface area contributed by atoms with Gasteiger partial charge in [-0.1, -0.05) is 37.3 Å². The molecular formula is C27H31F3N2O3. The summed E-state index contributed by atoms with van der Waals surface area (Å²) in [6.45, 7) is 7.11. The average molecular weight is 489 g/mol. The highest BCUT2D eigenvalue weighted by Crippen LogP contribution is 2.31. The number of rotatable bonds is 11. The molecule has 0 bridgehead atoms. The van der Waals surface area contributed by atoms with Crippen LogP contribution in [0.4, 0.5) is 13.2 Å². The Hall–Kier alpha value is -3.29. The van der Waals surface area contributed by atoms with Gasteiger partial charge in [0.15, 0.2) is 0 Å². The van der Waals surface area contributed by atoms with Crippen molar-refractivity contribution >= 4 is 5.97 Å². The lowest BCUT2D eigenvalue weighted by atomic mass is 10.0. The minimum atomic E-state index is -4.38. The number of hydrogen-bond donors (Lipinski definition) is 0. The number of carbonyl (C=O) groups excluding carboxylic acids is 1. The van der Waals surface area contributed by atoms with E-state index in [9.17, 15) is 18.0 Å². The molecule has 0 amide bonds. The number of hydrogen-bond acceptors (Lipinski definition) is 4. The maximum Gasteiger partial charge on any atom is 0.416 e. The first kappa shape index (κ1) is 26.3.